The summed E-state index contributed by atoms with van der Waals surface area (Å²) < 4.78 is 0. The molecular weight excluding hydrogens is 422 g/mol. The van der Waals surface area contributed by atoms with Gasteiger partial charge in [-0.15, -0.1) is 15.8 Å². The van der Waals surface area contributed by atoms with Crippen molar-refractivity contribution in [1.29, 1.82) is 0 Å². The highest BCUT2D eigenvalue weighted by atomic mass is 31.1. The highest BCUT2D eigenvalue weighted by molar-refractivity contribution is 7.58. The van der Waals surface area contributed by atoms with Crippen molar-refractivity contribution in [3.63, 3.8) is 0 Å². The Hall–Kier alpha value is -0.440. The van der Waals surface area contributed by atoms with Gasteiger partial charge in [0.15, 0.2) is 0 Å². The van der Waals surface area contributed by atoms with Gasteiger partial charge < -0.3 is 0 Å². The predicted octanol–water partition coefficient (Wildman–Crippen LogP) is 10.2. The number of hydrogen-bond acceptors (Lipinski definition) is 0. The van der Waals surface area contributed by atoms with E-state index < -0.39 is 0 Å². The standard InChI is InChI=1S/C30H48P2/c1-5-9-19-31(20-10-6-2)23-28-26-17-13-15-25-16-14-18-27(30(25)26)29(28)24-32(21-11-7-3)22-12-8-4/h13-18,28-29H,5-12,19-24H2,1-4H3. The lowest BCUT2D eigenvalue weighted by Crippen LogP contribution is -2.15. The van der Waals surface area contributed by atoms with Crippen molar-refractivity contribution in [2.45, 2.75) is 90.9 Å². The largest absolute Gasteiger partial charge is 0.106 e. The summed E-state index contributed by atoms with van der Waals surface area (Å²) >= 11 is 0. The van der Waals surface area contributed by atoms with Crippen LogP contribution in [0.5, 0.6) is 0 Å². The van der Waals surface area contributed by atoms with Crippen molar-refractivity contribution in [3.8, 4) is 0 Å². The van der Waals surface area contributed by atoms with Gasteiger partial charge in [0.1, 0.15) is 0 Å². The van der Waals surface area contributed by atoms with E-state index in [2.05, 4.69) is 64.1 Å². The van der Waals surface area contributed by atoms with Gasteiger partial charge in [-0.1, -0.05) is 89.8 Å². The summed E-state index contributed by atoms with van der Waals surface area (Å²) in [5.41, 5.74) is 3.43. The molecule has 2 heteroatoms. The molecule has 32 heavy (non-hydrogen) atoms. The van der Waals surface area contributed by atoms with Crippen LogP contribution in [0.25, 0.3) is 10.8 Å². The molecule has 0 aliphatic heterocycles. The first kappa shape index (κ1) is 26.2. The lowest BCUT2D eigenvalue weighted by atomic mass is 9.93. The van der Waals surface area contributed by atoms with Crippen LogP contribution in [0.4, 0.5) is 0 Å². The number of hydrogen-bond donors (Lipinski definition) is 0. The zero-order valence-corrected chi connectivity index (χ0v) is 23.2. The van der Waals surface area contributed by atoms with E-state index in [1.54, 1.807) is 16.5 Å². The van der Waals surface area contributed by atoms with Gasteiger partial charge in [0.2, 0.25) is 0 Å². The van der Waals surface area contributed by atoms with E-state index in [4.69, 9.17) is 0 Å². The second-order valence-electron chi connectivity index (χ2n) is 10.0. The van der Waals surface area contributed by atoms with Gasteiger partial charge in [-0.25, -0.2) is 0 Å². The van der Waals surface area contributed by atoms with E-state index in [1.165, 1.54) is 93.7 Å². The second-order valence-corrected chi connectivity index (χ2v) is 15.2. The lowest BCUT2D eigenvalue weighted by molar-refractivity contribution is 0.661. The molecule has 0 fully saturated rings. The van der Waals surface area contributed by atoms with Crippen molar-refractivity contribution >= 4 is 26.6 Å². The lowest BCUT2D eigenvalue weighted by Gasteiger charge is -2.30. The van der Waals surface area contributed by atoms with Gasteiger partial charge in [-0.3, -0.25) is 0 Å². The van der Waals surface area contributed by atoms with E-state index in [-0.39, 0.29) is 15.8 Å². The summed E-state index contributed by atoms with van der Waals surface area (Å²) in [6.45, 7) is 9.49. The molecule has 1 aliphatic carbocycles. The molecule has 2 aromatic carbocycles. The number of rotatable bonds is 16. The Labute approximate surface area is 201 Å². The minimum atomic E-state index is 0.165. The van der Waals surface area contributed by atoms with Gasteiger partial charge in [0, 0.05) is 0 Å². The van der Waals surface area contributed by atoms with Gasteiger partial charge in [-0.05, 0) is 96.4 Å². The monoisotopic (exact) mass is 470 g/mol. The van der Waals surface area contributed by atoms with Crippen molar-refractivity contribution in [2.75, 3.05) is 37.0 Å². The first-order valence-electron chi connectivity index (χ1n) is 13.7. The third kappa shape index (κ3) is 6.80. The molecule has 2 unspecified atom stereocenters. The third-order valence-electron chi connectivity index (χ3n) is 7.48. The van der Waals surface area contributed by atoms with Crippen LogP contribution in [0.2, 0.25) is 0 Å². The van der Waals surface area contributed by atoms with Gasteiger partial charge in [0.25, 0.3) is 0 Å². The molecule has 0 bridgehead atoms. The molecule has 0 saturated carbocycles. The molecule has 3 rings (SSSR count). The van der Waals surface area contributed by atoms with Crippen LogP contribution in [0.1, 0.15) is 102 Å². The average Bonchev–Trinajstić information content (AvgIpc) is 3.11. The van der Waals surface area contributed by atoms with Crippen molar-refractivity contribution < 1.29 is 0 Å². The van der Waals surface area contributed by atoms with Gasteiger partial charge in [0.05, 0.1) is 0 Å². The summed E-state index contributed by atoms with van der Waals surface area (Å²) in [5, 5.41) is 3.14. The summed E-state index contributed by atoms with van der Waals surface area (Å²) in [5.74, 6) is 1.56. The molecular formula is C30H48P2. The van der Waals surface area contributed by atoms with Gasteiger partial charge >= 0.3 is 0 Å². The summed E-state index contributed by atoms with van der Waals surface area (Å²) in [4.78, 5) is 0. The van der Waals surface area contributed by atoms with Crippen LogP contribution in [-0.2, 0) is 0 Å². The third-order valence-corrected chi connectivity index (χ3v) is 13.1. The minimum absolute atomic E-state index is 0.165. The Bertz CT molecular complexity index is 720. The zero-order chi connectivity index (χ0) is 22.8. The van der Waals surface area contributed by atoms with E-state index >= 15 is 0 Å². The van der Waals surface area contributed by atoms with Gasteiger partial charge in [-0.2, -0.15) is 0 Å². The van der Waals surface area contributed by atoms with Crippen LogP contribution in [0, 0.1) is 0 Å². The van der Waals surface area contributed by atoms with E-state index in [1.807, 2.05) is 0 Å². The molecule has 0 amide bonds. The Morgan fingerprint density at radius 3 is 1.28 bits per heavy atom. The van der Waals surface area contributed by atoms with Crippen molar-refractivity contribution in [3.05, 3.63) is 47.5 Å². The molecule has 2 aromatic rings. The molecule has 0 N–H and O–H groups in total. The molecule has 0 aromatic heterocycles. The van der Waals surface area contributed by atoms with Crippen LogP contribution in [0.15, 0.2) is 36.4 Å². The van der Waals surface area contributed by atoms with E-state index in [0.717, 1.165) is 11.8 Å². The molecule has 0 heterocycles. The van der Waals surface area contributed by atoms with Crippen LogP contribution < -0.4 is 0 Å². The maximum Gasteiger partial charge on any atom is -0.00439 e. The Kier molecular flexibility index (Phi) is 11.5. The highest BCUT2D eigenvalue weighted by Crippen LogP contribution is 2.56. The number of unbranched alkanes of at least 4 members (excludes halogenated alkanes) is 4. The van der Waals surface area contributed by atoms with Crippen molar-refractivity contribution in [1.82, 2.24) is 0 Å². The Morgan fingerprint density at radius 1 is 0.562 bits per heavy atom. The normalized spacial score (nSPS) is 17.8. The minimum Gasteiger partial charge on any atom is -0.106 e. The topological polar surface area (TPSA) is 0 Å². The Balaban J connectivity index is 1.89. The zero-order valence-electron chi connectivity index (χ0n) is 21.4. The van der Waals surface area contributed by atoms with Crippen LogP contribution >= 0.6 is 15.8 Å². The van der Waals surface area contributed by atoms with E-state index in [9.17, 15) is 0 Å². The SMILES string of the molecule is CCCCP(CCCC)CC1c2cccc3cccc(c23)C1CP(CCCC)CCCC. The van der Waals surface area contributed by atoms with Crippen molar-refractivity contribution in [2.24, 2.45) is 0 Å². The molecule has 1 aliphatic rings. The fraction of sp³-hybridized carbons (Fsp3) is 0.667. The predicted molar refractivity (Wildman–Crippen MR) is 152 cm³/mol. The summed E-state index contributed by atoms with van der Waals surface area (Å²) in [6.07, 6.45) is 20.1. The first-order chi connectivity index (χ1) is 15.7. The smallest absolute Gasteiger partial charge is 0.00439 e. The average molecular weight is 471 g/mol. The molecule has 178 valence electrons. The van der Waals surface area contributed by atoms with Crippen LogP contribution in [0.3, 0.4) is 0 Å². The summed E-state index contributed by atoms with van der Waals surface area (Å²) in [7, 11) is 0.330. The summed E-state index contributed by atoms with van der Waals surface area (Å²) in [6, 6.07) is 14.4. The molecule has 2 atom stereocenters. The molecule has 0 spiro atoms. The molecule has 0 nitrogen and oxygen atoms in total. The second kappa shape index (κ2) is 14.1. The highest BCUT2D eigenvalue weighted by Gasteiger charge is 2.36. The maximum atomic E-state index is 2.50. The number of benzene rings is 2. The molecule has 0 saturated heterocycles. The quantitative estimate of drug-likeness (QED) is 0.214. The fourth-order valence-corrected chi connectivity index (χ4v) is 11.8. The fourth-order valence-electron chi connectivity index (χ4n) is 5.57. The Morgan fingerprint density at radius 2 is 0.938 bits per heavy atom. The van der Waals surface area contributed by atoms with E-state index in [0.29, 0.717) is 0 Å². The van der Waals surface area contributed by atoms with Crippen LogP contribution in [-0.4, -0.2) is 37.0 Å². The molecule has 0 radical (unpaired) electrons. The maximum absolute atomic E-state index is 2.50. The first-order valence-corrected chi connectivity index (χ1v) is 17.5.